The highest BCUT2D eigenvalue weighted by molar-refractivity contribution is 6.05. The van der Waals surface area contributed by atoms with Gasteiger partial charge in [0, 0.05) is 44.0 Å². The summed E-state index contributed by atoms with van der Waals surface area (Å²) in [6.07, 6.45) is 3.84. The molecule has 9 heteroatoms. The van der Waals surface area contributed by atoms with Crippen LogP contribution in [-0.2, 0) is 9.53 Å². The molecule has 206 valence electrons. The van der Waals surface area contributed by atoms with Gasteiger partial charge in [-0.2, -0.15) is 0 Å². The number of furan rings is 2. The summed E-state index contributed by atoms with van der Waals surface area (Å²) in [4.78, 5) is 41.9. The molecule has 1 atom stereocenters. The van der Waals surface area contributed by atoms with Crippen LogP contribution in [0.5, 0.6) is 0 Å². The summed E-state index contributed by atoms with van der Waals surface area (Å²) in [6, 6.07) is 23.4. The number of ether oxygens (including phenoxy) is 1. The first-order valence-corrected chi connectivity index (χ1v) is 13.2. The zero-order chi connectivity index (χ0) is 27.9. The van der Waals surface area contributed by atoms with Crippen LogP contribution in [0, 0.1) is 0 Å². The third-order valence-corrected chi connectivity index (χ3v) is 6.88. The maximum atomic E-state index is 13.6. The molecule has 3 heterocycles. The third kappa shape index (κ3) is 6.50. The minimum Gasteiger partial charge on any atom is -0.459 e. The molecule has 2 amide bonds. The highest BCUT2D eigenvalue weighted by Crippen LogP contribution is 2.30. The predicted molar refractivity (Wildman–Crippen MR) is 149 cm³/mol. The quantitative estimate of drug-likeness (QED) is 0.277. The first kappa shape index (κ1) is 27.0. The van der Waals surface area contributed by atoms with E-state index in [0.717, 1.165) is 5.56 Å². The monoisotopic (exact) mass is 541 g/mol. The predicted octanol–water partition coefficient (Wildman–Crippen LogP) is 5.54. The van der Waals surface area contributed by atoms with Crippen LogP contribution in [0.4, 0.5) is 11.4 Å². The number of hydrogen-bond acceptors (Lipinski definition) is 7. The van der Waals surface area contributed by atoms with Gasteiger partial charge >= 0.3 is 5.97 Å². The maximum Gasteiger partial charge on any atom is 0.374 e. The highest BCUT2D eigenvalue weighted by Gasteiger charge is 2.32. The third-order valence-electron chi connectivity index (χ3n) is 6.88. The van der Waals surface area contributed by atoms with Gasteiger partial charge in [-0.05, 0) is 60.9 Å². The number of carbonyl (C=O) groups is 3. The Morgan fingerprint density at radius 2 is 1.62 bits per heavy atom. The Morgan fingerprint density at radius 1 is 0.925 bits per heavy atom. The molecular formula is C31H31N3O6. The lowest BCUT2D eigenvalue weighted by Gasteiger charge is -2.39. The maximum absolute atomic E-state index is 13.6. The Kier molecular flexibility index (Phi) is 8.41. The second-order valence-electron chi connectivity index (χ2n) is 9.70. The number of nitrogens with zero attached hydrogens (tertiary/aromatic N) is 2. The number of nitrogens with one attached hydrogen (secondary N) is 1. The normalized spacial score (nSPS) is 14.8. The molecule has 0 saturated carbocycles. The van der Waals surface area contributed by atoms with E-state index >= 15 is 0 Å². The fraction of sp³-hybridized carbons (Fsp3) is 0.258. The van der Waals surface area contributed by atoms with E-state index in [9.17, 15) is 14.4 Å². The van der Waals surface area contributed by atoms with E-state index in [-0.39, 0.29) is 29.4 Å². The number of anilines is 2. The Hall–Kier alpha value is -4.63. The SMILES string of the molecule is CC(=O)Nc1cccc(N(C(=O)c2ccco2)C2CCN(CC(OC(=O)c3ccco3)c3ccccc3)CC2)c1. The molecule has 9 nitrogen and oxygen atoms in total. The van der Waals surface area contributed by atoms with Crippen molar-refractivity contribution in [2.45, 2.75) is 31.9 Å². The number of likely N-dealkylation sites (tertiary alicyclic amines) is 1. The van der Waals surface area contributed by atoms with Crippen LogP contribution in [0.1, 0.15) is 52.5 Å². The van der Waals surface area contributed by atoms with Crippen molar-refractivity contribution in [2.24, 2.45) is 0 Å². The smallest absolute Gasteiger partial charge is 0.374 e. The first-order chi connectivity index (χ1) is 19.5. The van der Waals surface area contributed by atoms with E-state index in [1.54, 1.807) is 41.3 Å². The summed E-state index contributed by atoms with van der Waals surface area (Å²) in [5.74, 6) is -0.523. The number of hydrogen-bond donors (Lipinski definition) is 1. The molecule has 0 bridgehead atoms. The molecule has 0 spiro atoms. The van der Waals surface area contributed by atoms with Gasteiger partial charge in [-0.3, -0.25) is 14.5 Å². The fourth-order valence-electron chi connectivity index (χ4n) is 5.00. The average Bonchev–Trinajstić information content (AvgIpc) is 3.69. The largest absolute Gasteiger partial charge is 0.459 e. The number of piperidine rings is 1. The van der Waals surface area contributed by atoms with Crippen LogP contribution >= 0.6 is 0 Å². The summed E-state index contributed by atoms with van der Waals surface area (Å²) < 4.78 is 16.6. The second kappa shape index (κ2) is 12.5. The first-order valence-electron chi connectivity index (χ1n) is 13.2. The van der Waals surface area contributed by atoms with Crippen molar-refractivity contribution in [3.8, 4) is 0 Å². The van der Waals surface area contributed by atoms with Crippen LogP contribution in [0.25, 0.3) is 0 Å². The van der Waals surface area contributed by atoms with Gasteiger partial charge in [-0.15, -0.1) is 0 Å². The van der Waals surface area contributed by atoms with Crippen LogP contribution < -0.4 is 10.2 Å². The Balaban J connectivity index is 1.31. The molecule has 1 fully saturated rings. The molecule has 1 aliphatic heterocycles. The van der Waals surface area contributed by atoms with Gasteiger partial charge < -0.3 is 23.8 Å². The van der Waals surface area contributed by atoms with Gasteiger partial charge in [-0.25, -0.2) is 4.79 Å². The lowest BCUT2D eigenvalue weighted by Crippen LogP contribution is -2.48. The van der Waals surface area contributed by atoms with Crippen molar-refractivity contribution in [3.05, 3.63) is 108 Å². The molecule has 1 N–H and O–H groups in total. The number of amides is 2. The van der Waals surface area contributed by atoms with E-state index in [4.69, 9.17) is 13.6 Å². The summed E-state index contributed by atoms with van der Waals surface area (Å²) in [6.45, 7) is 3.34. The molecule has 4 aromatic rings. The van der Waals surface area contributed by atoms with Gasteiger partial charge in [0.2, 0.25) is 11.7 Å². The molecule has 5 rings (SSSR count). The molecule has 0 aliphatic carbocycles. The van der Waals surface area contributed by atoms with Crippen molar-refractivity contribution in [1.82, 2.24) is 4.90 Å². The van der Waals surface area contributed by atoms with E-state index in [1.807, 2.05) is 42.5 Å². The second-order valence-corrected chi connectivity index (χ2v) is 9.70. The zero-order valence-corrected chi connectivity index (χ0v) is 22.2. The van der Waals surface area contributed by atoms with Crippen molar-refractivity contribution >= 4 is 29.2 Å². The van der Waals surface area contributed by atoms with E-state index in [1.165, 1.54) is 19.5 Å². The highest BCUT2D eigenvalue weighted by atomic mass is 16.6. The Labute approximate surface area is 232 Å². The van der Waals surface area contributed by atoms with Crippen molar-refractivity contribution in [1.29, 1.82) is 0 Å². The van der Waals surface area contributed by atoms with E-state index < -0.39 is 12.1 Å². The topological polar surface area (TPSA) is 105 Å². The fourth-order valence-corrected chi connectivity index (χ4v) is 5.00. The summed E-state index contributed by atoms with van der Waals surface area (Å²) >= 11 is 0. The molecule has 40 heavy (non-hydrogen) atoms. The van der Waals surface area contributed by atoms with Crippen LogP contribution in [0.3, 0.4) is 0 Å². The molecule has 1 saturated heterocycles. The van der Waals surface area contributed by atoms with Gasteiger partial charge in [0.05, 0.1) is 12.5 Å². The van der Waals surface area contributed by atoms with Crippen LogP contribution in [0.15, 0.2) is 100 Å². The van der Waals surface area contributed by atoms with Crippen molar-refractivity contribution in [2.75, 3.05) is 29.9 Å². The Morgan fingerprint density at radius 3 is 2.27 bits per heavy atom. The number of carbonyl (C=O) groups excluding carboxylic acids is 3. The number of benzene rings is 2. The molecule has 2 aromatic carbocycles. The lowest BCUT2D eigenvalue weighted by atomic mass is 10.00. The zero-order valence-electron chi connectivity index (χ0n) is 22.2. The molecular weight excluding hydrogens is 510 g/mol. The standard InChI is InChI=1S/C31H31N3O6/c1-22(35)32-24-10-5-11-26(20-24)34(30(36)27-12-6-18-38-27)25-14-16-33(17-15-25)21-29(23-8-3-2-4-9-23)40-31(37)28-13-7-19-39-28/h2-13,18-20,25,29H,14-17,21H2,1H3,(H,32,35). The van der Waals surface area contributed by atoms with Crippen molar-refractivity contribution < 1.29 is 28.0 Å². The summed E-state index contributed by atoms with van der Waals surface area (Å²) in [5.41, 5.74) is 2.19. The lowest BCUT2D eigenvalue weighted by molar-refractivity contribution is -0.114. The average molecular weight is 542 g/mol. The summed E-state index contributed by atoms with van der Waals surface area (Å²) in [7, 11) is 0. The Bertz CT molecular complexity index is 1410. The summed E-state index contributed by atoms with van der Waals surface area (Å²) in [5, 5.41) is 2.79. The van der Waals surface area contributed by atoms with Gasteiger partial charge in [0.1, 0.15) is 6.10 Å². The van der Waals surface area contributed by atoms with Gasteiger partial charge in [0.15, 0.2) is 5.76 Å². The minimum absolute atomic E-state index is 0.0951. The molecule has 1 unspecified atom stereocenters. The molecule has 2 aromatic heterocycles. The van der Waals surface area contributed by atoms with Crippen LogP contribution in [0.2, 0.25) is 0 Å². The number of esters is 1. The van der Waals surface area contributed by atoms with Gasteiger partial charge in [0.25, 0.3) is 5.91 Å². The molecule has 0 radical (unpaired) electrons. The number of rotatable bonds is 9. The van der Waals surface area contributed by atoms with Gasteiger partial charge in [-0.1, -0.05) is 36.4 Å². The van der Waals surface area contributed by atoms with E-state index in [0.29, 0.717) is 43.9 Å². The van der Waals surface area contributed by atoms with Crippen molar-refractivity contribution in [3.63, 3.8) is 0 Å². The minimum atomic E-state index is -0.511. The van der Waals surface area contributed by atoms with E-state index in [2.05, 4.69) is 10.2 Å². The van der Waals surface area contributed by atoms with Crippen LogP contribution in [-0.4, -0.2) is 48.4 Å². The molecule has 1 aliphatic rings.